The number of allylic oxidation sites excluding steroid dienone is 2. The number of ether oxygens (including phenoxy) is 2. The van der Waals surface area contributed by atoms with Gasteiger partial charge in [-0.05, 0) is 61.4 Å². The molecule has 0 saturated carbocycles. The summed E-state index contributed by atoms with van der Waals surface area (Å²) in [4.78, 5) is 32.0. The van der Waals surface area contributed by atoms with Gasteiger partial charge in [-0.2, -0.15) is 0 Å². The third kappa shape index (κ3) is 4.23. The lowest BCUT2D eigenvalue weighted by Gasteiger charge is -2.27. The van der Waals surface area contributed by atoms with E-state index in [1.54, 1.807) is 36.8 Å². The van der Waals surface area contributed by atoms with Crippen LogP contribution in [-0.2, 0) is 4.79 Å². The maximum Gasteiger partial charge on any atom is 0.271 e. The summed E-state index contributed by atoms with van der Waals surface area (Å²) < 4.78 is 13.3. The zero-order valence-corrected chi connectivity index (χ0v) is 21.8. The number of aromatic nitrogens is 1. The molecule has 1 N–H and O–H groups in total. The average molecular weight is 515 g/mol. The lowest BCUT2D eigenvalue weighted by Crippen LogP contribution is -2.39. The monoisotopic (exact) mass is 514 g/mol. The lowest BCUT2D eigenvalue weighted by atomic mass is 9.89. The van der Waals surface area contributed by atoms with Gasteiger partial charge in [0.1, 0.15) is 5.75 Å². The third-order valence-corrected chi connectivity index (χ3v) is 7.39. The Hall–Kier alpha value is -4.17. The summed E-state index contributed by atoms with van der Waals surface area (Å²) in [6.45, 7) is 5.53. The summed E-state index contributed by atoms with van der Waals surface area (Å²) in [5.41, 5.74) is 2.21. The minimum absolute atomic E-state index is 0.0326. The number of Topliss-reactive ketones (excluding diaryl/α,β-unsaturated/α-hetero) is 1. The molecule has 2 heterocycles. The second-order valence-electron chi connectivity index (χ2n) is 8.70. The molecule has 4 aromatic rings. The Labute approximate surface area is 217 Å². The number of fused-ring (bicyclic) bond motifs is 2. The third-order valence-electron chi connectivity index (χ3n) is 6.41. The second kappa shape index (κ2) is 9.71. The van der Waals surface area contributed by atoms with Crippen LogP contribution in [0.3, 0.4) is 0 Å². The van der Waals surface area contributed by atoms with Crippen molar-refractivity contribution in [3.8, 4) is 17.2 Å². The van der Waals surface area contributed by atoms with E-state index in [4.69, 9.17) is 9.47 Å². The van der Waals surface area contributed by atoms with Crippen molar-refractivity contribution < 1.29 is 19.4 Å². The topological polar surface area (TPSA) is 90.1 Å². The molecule has 0 unspecified atom stereocenters. The van der Waals surface area contributed by atoms with E-state index in [9.17, 15) is 14.7 Å². The summed E-state index contributed by atoms with van der Waals surface area (Å²) in [6.07, 6.45) is 1.75. The fourth-order valence-corrected chi connectivity index (χ4v) is 5.87. The van der Waals surface area contributed by atoms with Gasteiger partial charge in [0.15, 0.2) is 22.1 Å². The van der Waals surface area contributed by atoms with Crippen LogP contribution in [0.25, 0.3) is 16.8 Å². The quantitative estimate of drug-likeness (QED) is 0.419. The lowest BCUT2D eigenvalue weighted by molar-refractivity contribution is -0.114. The first-order valence-corrected chi connectivity index (χ1v) is 12.7. The molecule has 0 fully saturated rings. The van der Waals surface area contributed by atoms with E-state index in [0.29, 0.717) is 44.3 Å². The van der Waals surface area contributed by atoms with Crippen molar-refractivity contribution in [3.63, 3.8) is 0 Å². The SMILES string of the molecule is CCOc1cc(/C=c2/sc3n(c2=O)[C@@H](c2c(OC)ccc4ccccc24)C(C(C)=O)=C(C)N=3)ccc1O. The Kier molecular flexibility index (Phi) is 6.43. The summed E-state index contributed by atoms with van der Waals surface area (Å²) in [5.74, 6) is 0.810. The smallest absolute Gasteiger partial charge is 0.271 e. The molecule has 1 aliphatic rings. The zero-order valence-electron chi connectivity index (χ0n) is 20.9. The van der Waals surface area contributed by atoms with E-state index in [-0.39, 0.29) is 17.1 Å². The van der Waals surface area contributed by atoms with Crippen molar-refractivity contribution in [2.24, 2.45) is 4.99 Å². The van der Waals surface area contributed by atoms with Gasteiger partial charge in [0, 0.05) is 16.8 Å². The number of benzene rings is 3. The summed E-state index contributed by atoms with van der Waals surface area (Å²) in [6, 6.07) is 15.9. The minimum Gasteiger partial charge on any atom is -0.504 e. The number of hydrogen-bond acceptors (Lipinski definition) is 7. The number of carbonyl (C=O) groups excluding carboxylic acids is 1. The van der Waals surface area contributed by atoms with Gasteiger partial charge in [-0.15, -0.1) is 0 Å². The maximum absolute atomic E-state index is 13.9. The fraction of sp³-hybridized carbons (Fsp3) is 0.207. The molecule has 7 nitrogen and oxygen atoms in total. The normalized spacial score (nSPS) is 15.5. The standard InChI is InChI=1S/C29H26N2O5S/c1-5-36-23-14-18(10-12-21(23)33)15-24-28(34)31-27(25(17(3)32)16(2)30-29(31)37-24)26-20-9-7-6-8-19(20)11-13-22(26)35-4/h6-15,27,33H,5H2,1-4H3/b24-15+/t27-/m1/s1. The highest BCUT2D eigenvalue weighted by Crippen LogP contribution is 2.40. The van der Waals surface area contributed by atoms with Gasteiger partial charge >= 0.3 is 0 Å². The molecule has 0 spiro atoms. The van der Waals surface area contributed by atoms with Crippen molar-refractivity contribution in [2.45, 2.75) is 26.8 Å². The molecular weight excluding hydrogens is 488 g/mol. The van der Waals surface area contributed by atoms with Crippen LogP contribution in [0.4, 0.5) is 0 Å². The Morgan fingerprint density at radius 2 is 1.95 bits per heavy atom. The Bertz CT molecular complexity index is 1760. The summed E-state index contributed by atoms with van der Waals surface area (Å²) in [5, 5.41) is 11.9. The Morgan fingerprint density at radius 3 is 2.68 bits per heavy atom. The van der Waals surface area contributed by atoms with E-state index in [1.165, 1.54) is 24.3 Å². The van der Waals surface area contributed by atoms with Gasteiger partial charge in [0.05, 0.1) is 24.3 Å². The predicted octanol–water partition coefficient (Wildman–Crippen LogP) is 4.09. The van der Waals surface area contributed by atoms with Crippen LogP contribution in [0.5, 0.6) is 17.2 Å². The van der Waals surface area contributed by atoms with Gasteiger partial charge in [0.25, 0.3) is 5.56 Å². The van der Waals surface area contributed by atoms with Crippen molar-refractivity contribution in [1.82, 2.24) is 4.57 Å². The first kappa shape index (κ1) is 24.5. The van der Waals surface area contributed by atoms with Crippen LogP contribution in [0.15, 0.2) is 75.7 Å². The number of ketones is 1. The molecule has 5 rings (SSSR count). The number of methoxy groups -OCH3 is 1. The maximum atomic E-state index is 13.9. The number of rotatable bonds is 6. The van der Waals surface area contributed by atoms with Crippen molar-refractivity contribution in [1.29, 1.82) is 0 Å². The highest BCUT2D eigenvalue weighted by Gasteiger charge is 2.33. The zero-order chi connectivity index (χ0) is 26.3. The molecule has 37 heavy (non-hydrogen) atoms. The molecule has 1 aromatic heterocycles. The molecule has 188 valence electrons. The predicted molar refractivity (Wildman–Crippen MR) is 144 cm³/mol. The molecular formula is C29H26N2O5S. The number of thiazole rings is 1. The van der Waals surface area contributed by atoms with E-state index < -0.39 is 6.04 Å². The largest absolute Gasteiger partial charge is 0.504 e. The summed E-state index contributed by atoms with van der Waals surface area (Å²) >= 11 is 1.25. The number of phenols is 1. The highest BCUT2D eigenvalue weighted by molar-refractivity contribution is 7.07. The van der Waals surface area contributed by atoms with E-state index >= 15 is 0 Å². The van der Waals surface area contributed by atoms with Crippen LogP contribution in [0.2, 0.25) is 0 Å². The fourth-order valence-electron chi connectivity index (χ4n) is 4.82. The van der Waals surface area contributed by atoms with Crippen LogP contribution in [-0.4, -0.2) is 29.2 Å². The van der Waals surface area contributed by atoms with Crippen LogP contribution < -0.4 is 24.4 Å². The first-order chi connectivity index (χ1) is 17.8. The number of aromatic hydroxyl groups is 1. The molecule has 0 aliphatic carbocycles. The van der Waals surface area contributed by atoms with E-state index in [0.717, 1.165) is 16.3 Å². The van der Waals surface area contributed by atoms with Gasteiger partial charge in [-0.25, -0.2) is 4.99 Å². The van der Waals surface area contributed by atoms with E-state index in [2.05, 4.69) is 4.99 Å². The number of carbonyl (C=O) groups is 1. The molecule has 0 saturated heterocycles. The van der Waals surface area contributed by atoms with Crippen LogP contribution >= 0.6 is 11.3 Å². The minimum atomic E-state index is -0.698. The number of nitrogens with zero attached hydrogens (tertiary/aromatic N) is 2. The second-order valence-corrected chi connectivity index (χ2v) is 9.71. The molecule has 8 heteroatoms. The Balaban J connectivity index is 1.81. The van der Waals surface area contributed by atoms with Gasteiger partial charge in [-0.3, -0.25) is 14.2 Å². The summed E-state index contributed by atoms with van der Waals surface area (Å²) in [7, 11) is 1.59. The first-order valence-electron chi connectivity index (χ1n) is 11.9. The highest BCUT2D eigenvalue weighted by atomic mass is 32.1. The molecule has 0 amide bonds. The molecule has 1 aliphatic heterocycles. The average Bonchev–Trinajstić information content (AvgIpc) is 3.18. The number of hydrogen-bond donors (Lipinski definition) is 1. The van der Waals surface area contributed by atoms with Gasteiger partial charge < -0.3 is 14.6 Å². The molecule has 1 atom stereocenters. The van der Waals surface area contributed by atoms with Crippen LogP contribution in [0.1, 0.15) is 37.9 Å². The number of phenolic OH excluding ortho intramolecular Hbond substituents is 1. The molecule has 0 radical (unpaired) electrons. The van der Waals surface area contributed by atoms with Crippen molar-refractivity contribution in [3.05, 3.63) is 96.7 Å². The van der Waals surface area contributed by atoms with E-state index in [1.807, 2.05) is 43.3 Å². The molecule has 3 aromatic carbocycles. The van der Waals surface area contributed by atoms with Crippen molar-refractivity contribution >= 4 is 34.0 Å². The van der Waals surface area contributed by atoms with Crippen LogP contribution in [0, 0.1) is 0 Å². The van der Waals surface area contributed by atoms with Gasteiger partial charge in [0.2, 0.25) is 0 Å². The van der Waals surface area contributed by atoms with Crippen molar-refractivity contribution in [2.75, 3.05) is 13.7 Å². The molecule has 0 bridgehead atoms. The van der Waals surface area contributed by atoms with Gasteiger partial charge in [-0.1, -0.05) is 47.7 Å². The Morgan fingerprint density at radius 1 is 1.16 bits per heavy atom.